The standard InChI is InChI=1S/C17H13N5O2S/c18-11-12-1-3-13(4-2-12)16-9-10-20-17(22-16)21-14-5-7-15(8-6-14)25(19,23)24/h1-10H,(H2,19,23,24)(H,20,21,22). The highest BCUT2D eigenvalue weighted by molar-refractivity contribution is 7.89. The maximum atomic E-state index is 11.3. The first kappa shape index (κ1) is 16.6. The summed E-state index contributed by atoms with van der Waals surface area (Å²) >= 11 is 0. The molecule has 25 heavy (non-hydrogen) atoms. The van der Waals surface area contributed by atoms with Crippen LogP contribution in [0.3, 0.4) is 0 Å². The summed E-state index contributed by atoms with van der Waals surface area (Å²) in [7, 11) is -3.72. The average Bonchev–Trinajstić information content (AvgIpc) is 2.62. The molecule has 0 spiro atoms. The monoisotopic (exact) mass is 351 g/mol. The van der Waals surface area contributed by atoms with Gasteiger partial charge in [-0.25, -0.2) is 23.5 Å². The molecule has 0 saturated carbocycles. The lowest BCUT2D eigenvalue weighted by Gasteiger charge is -2.07. The summed E-state index contributed by atoms with van der Waals surface area (Å²) in [6, 6.07) is 16.9. The second-order valence-corrected chi connectivity index (χ2v) is 6.71. The number of sulfonamides is 1. The number of nitrogens with two attached hydrogens (primary N) is 1. The van der Waals surface area contributed by atoms with E-state index < -0.39 is 10.0 Å². The van der Waals surface area contributed by atoms with Gasteiger partial charge in [-0.2, -0.15) is 5.26 Å². The number of aromatic nitrogens is 2. The molecule has 0 aliphatic heterocycles. The minimum atomic E-state index is -3.72. The van der Waals surface area contributed by atoms with E-state index in [-0.39, 0.29) is 4.90 Å². The van der Waals surface area contributed by atoms with Crippen LogP contribution in [-0.2, 0) is 10.0 Å². The van der Waals surface area contributed by atoms with Crippen molar-refractivity contribution in [3.8, 4) is 17.3 Å². The summed E-state index contributed by atoms with van der Waals surface area (Å²) in [5.74, 6) is 0.366. The summed E-state index contributed by atoms with van der Waals surface area (Å²) in [5, 5.41) is 16.9. The lowest BCUT2D eigenvalue weighted by molar-refractivity contribution is 0.598. The molecule has 0 aliphatic rings. The van der Waals surface area contributed by atoms with Crippen LogP contribution in [0.5, 0.6) is 0 Å². The maximum absolute atomic E-state index is 11.3. The Hall–Kier alpha value is -3.28. The zero-order valence-corrected chi connectivity index (χ0v) is 13.7. The second-order valence-electron chi connectivity index (χ2n) is 5.15. The SMILES string of the molecule is N#Cc1ccc(-c2ccnc(Nc3ccc(S(N)(=O)=O)cc3)n2)cc1. The van der Waals surface area contributed by atoms with Gasteiger partial charge in [0, 0.05) is 17.4 Å². The first-order valence-electron chi connectivity index (χ1n) is 7.19. The van der Waals surface area contributed by atoms with Crippen molar-refractivity contribution >= 4 is 21.7 Å². The minimum absolute atomic E-state index is 0.0327. The Morgan fingerprint density at radius 3 is 2.28 bits per heavy atom. The fourth-order valence-corrected chi connectivity index (χ4v) is 2.67. The third-order valence-corrected chi connectivity index (χ3v) is 4.33. The number of primary sulfonamides is 1. The van der Waals surface area contributed by atoms with E-state index in [0.29, 0.717) is 22.9 Å². The molecule has 1 heterocycles. The zero-order valence-electron chi connectivity index (χ0n) is 12.9. The zero-order chi connectivity index (χ0) is 17.9. The van der Waals surface area contributed by atoms with Crippen molar-refractivity contribution < 1.29 is 8.42 Å². The van der Waals surface area contributed by atoms with Gasteiger partial charge in [0.2, 0.25) is 16.0 Å². The second kappa shape index (κ2) is 6.68. The molecule has 0 aliphatic carbocycles. The van der Waals surface area contributed by atoms with Crippen LogP contribution in [0, 0.1) is 11.3 Å². The van der Waals surface area contributed by atoms with E-state index in [4.69, 9.17) is 10.4 Å². The quantitative estimate of drug-likeness (QED) is 0.744. The van der Waals surface area contributed by atoms with Gasteiger partial charge in [-0.15, -0.1) is 0 Å². The van der Waals surface area contributed by atoms with Gasteiger partial charge < -0.3 is 5.32 Å². The Bertz CT molecular complexity index is 1040. The van der Waals surface area contributed by atoms with E-state index >= 15 is 0 Å². The minimum Gasteiger partial charge on any atom is -0.324 e. The average molecular weight is 351 g/mol. The van der Waals surface area contributed by atoms with Gasteiger partial charge in [-0.3, -0.25) is 0 Å². The van der Waals surface area contributed by atoms with Gasteiger partial charge in [-0.05, 0) is 42.5 Å². The highest BCUT2D eigenvalue weighted by Gasteiger charge is 2.08. The van der Waals surface area contributed by atoms with Gasteiger partial charge >= 0.3 is 0 Å². The number of benzene rings is 2. The summed E-state index contributed by atoms with van der Waals surface area (Å²) in [6.45, 7) is 0. The first-order valence-corrected chi connectivity index (χ1v) is 8.74. The van der Waals surface area contributed by atoms with Gasteiger partial charge in [0.05, 0.1) is 22.2 Å². The predicted molar refractivity (Wildman–Crippen MR) is 93.3 cm³/mol. The molecule has 0 fully saturated rings. The van der Waals surface area contributed by atoms with E-state index in [1.165, 1.54) is 12.1 Å². The molecule has 0 amide bonds. The van der Waals surface area contributed by atoms with E-state index in [2.05, 4.69) is 21.4 Å². The molecule has 0 saturated heterocycles. The number of nitrogens with zero attached hydrogens (tertiary/aromatic N) is 3. The topological polar surface area (TPSA) is 122 Å². The first-order chi connectivity index (χ1) is 12.0. The molecule has 3 N–H and O–H groups in total. The smallest absolute Gasteiger partial charge is 0.238 e. The molecule has 1 aromatic heterocycles. The van der Waals surface area contributed by atoms with Crippen LogP contribution in [0.4, 0.5) is 11.6 Å². The van der Waals surface area contributed by atoms with Gasteiger partial charge in [0.1, 0.15) is 0 Å². The number of nitrogens with one attached hydrogen (secondary N) is 1. The predicted octanol–water partition coefficient (Wildman–Crippen LogP) is 2.41. The molecule has 7 nitrogen and oxygen atoms in total. The van der Waals surface area contributed by atoms with Crippen molar-refractivity contribution in [2.75, 3.05) is 5.32 Å². The number of rotatable bonds is 4. The Kier molecular flexibility index (Phi) is 4.43. The van der Waals surface area contributed by atoms with E-state index in [1.807, 2.05) is 12.1 Å². The van der Waals surface area contributed by atoms with Gasteiger partial charge in [-0.1, -0.05) is 12.1 Å². The van der Waals surface area contributed by atoms with Crippen molar-refractivity contribution in [3.63, 3.8) is 0 Å². The Labute approximate surface area is 144 Å². The van der Waals surface area contributed by atoms with E-state index in [1.54, 1.807) is 36.5 Å². The van der Waals surface area contributed by atoms with Crippen LogP contribution in [0.2, 0.25) is 0 Å². The normalized spacial score (nSPS) is 10.9. The molecular weight excluding hydrogens is 338 g/mol. The third-order valence-electron chi connectivity index (χ3n) is 3.40. The highest BCUT2D eigenvalue weighted by Crippen LogP contribution is 2.20. The Balaban J connectivity index is 1.83. The molecule has 3 rings (SSSR count). The van der Waals surface area contributed by atoms with Crippen LogP contribution >= 0.6 is 0 Å². The van der Waals surface area contributed by atoms with E-state index in [9.17, 15) is 8.42 Å². The van der Waals surface area contributed by atoms with Gasteiger partial charge in [0.15, 0.2) is 0 Å². The van der Waals surface area contributed by atoms with Crippen LogP contribution in [0.15, 0.2) is 65.7 Å². The van der Waals surface area contributed by atoms with Crippen LogP contribution < -0.4 is 10.5 Å². The van der Waals surface area contributed by atoms with Crippen molar-refractivity contribution in [3.05, 3.63) is 66.4 Å². The molecule has 0 atom stereocenters. The van der Waals surface area contributed by atoms with E-state index in [0.717, 1.165) is 5.56 Å². The maximum Gasteiger partial charge on any atom is 0.238 e. The van der Waals surface area contributed by atoms with Crippen LogP contribution in [-0.4, -0.2) is 18.4 Å². The lowest BCUT2D eigenvalue weighted by Crippen LogP contribution is -2.11. The fourth-order valence-electron chi connectivity index (χ4n) is 2.15. The summed E-state index contributed by atoms with van der Waals surface area (Å²) < 4.78 is 22.5. The molecule has 3 aromatic rings. The Morgan fingerprint density at radius 1 is 1.00 bits per heavy atom. The lowest BCUT2D eigenvalue weighted by atomic mass is 10.1. The molecule has 124 valence electrons. The molecule has 0 unspecified atom stereocenters. The molecule has 0 bridgehead atoms. The van der Waals surface area contributed by atoms with Crippen molar-refractivity contribution in [1.29, 1.82) is 5.26 Å². The number of hydrogen-bond donors (Lipinski definition) is 2. The number of hydrogen-bond acceptors (Lipinski definition) is 6. The Morgan fingerprint density at radius 2 is 1.68 bits per heavy atom. The molecule has 2 aromatic carbocycles. The number of nitriles is 1. The number of anilines is 2. The highest BCUT2D eigenvalue weighted by atomic mass is 32.2. The van der Waals surface area contributed by atoms with Gasteiger partial charge in [0.25, 0.3) is 0 Å². The molecule has 8 heteroatoms. The van der Waals surface area contributed by atoms with Crippen molar-refractivity contribution in [2.45, 2.75) is 4.90 Å². The molecular formula is C17H13N5O2S. The summed E-state index contributed by atoms with van der Waals surface area (Å²) in [6.07, 6.45) is 1.61. The molecule has 0 radical (unpaired) electrons. The largest absolute Gasteiger partial charge is 0.324 e. The van der Waals surface area contributed by atoms with Crippen molar-refractivity contribution in [1.82, 2.24) is 9.97 Å². The van der Waals surface area contributed by atoms with Crippen molar-refractivity contribution in [2.24, 2.45) is 5.14 Å². The van der Waals surface area contributed by atoms with Crippen LogP contribution in [0.1, 0.15) is 5.56 Å². The third kappa shape index (κ3) is 3.98. The van der Waals surface area contributed by atoms with Crippen LogP contribution in [0.25, 0.3) is 11.3 Å². The summed E-state index contributed by atoms with van der Waals surface area (Å²) in [4.78, 5) is 8.60. The fraction of sp³-hybridized carbons (Fsp3) is 0. The summed E-state index contributed by atoms with van der Waals surface area (Å²) in [5.41, 5.74) is 2.76.